The van der Waals surface area contributed by atoms with Gasteiger partial charge in [0.15, 0.2) is 0 Å². The van der Waals surface area contributed by atoms with Gasteiger partial charge < -0.3 is 4.90 Å². The Bertz CT molecular complexity index is 397. The molecule has 0 saturated carbocycles. The second kappa shape index (κ2) is 5.98. The monoisotopic (exact) mass is 251 g/mol. The Labute approximate surface area is 109 Å². The molecule has 0 N–H and O–H groups in total. The van der Waals surface area contributed by atoms with Gasteiger partial charge in [0.05, 0.1) is 5.41 Å². The molecule has 1 rings (SSSR count). The summed E-state index contributed by atoms with van der Waals surface area (Å²) < 4.78 is 12.9. The molecule has 0 heterocycles. The summed E-state index contributed by atoms with van der Waals surface area (Å²) >= 11 is 0. The van der Waals surface area contributed by atoms with E-state index in [1.54, 1.807) is 17.0 Å². The fraction of sp³-hybridized carbons (Fsp3) is 0.533. The van der Waals surface area contributed by atoms with Crippen molar-refractivity contribution in [2.75, 3.05) is 13.6 Å². The van der Waals surface area contributed by atoms with Crippen molar-refractivity contribution < 1.29 is 9.18 Å². The van der Waals surface area contributed by atoms with Crippen LogP contribution in [0.15, 0.2) is 24.3 Å². The zero-order valence-electron chi connectivity index (χ0n) is 11.7. The van der Waals surface area contributed by atoms with Crippen molar-refractivity contribution in [3.63, 3.8) is 0 Å². The predicted octanol–water partition coefficient (Wildman–Crippen LogP) is 3.36. The van der Waals surface area contributed by atoms with Crippen LogP contribution in [-0.2, 0) is 10.2 Å². The number of carbonyl (C=O) groups excluding carboxylic acids is 1. The highest BCUT2D eigenvalue weighted by molar-refractivity contribution is 5.87. The first kappa shape index (κ1) is 14.7. The number of hydrogen-bond donors (Lipinski definition) is 0. The number of likely N-dealkylation sites (N-methyl/N-ethyl adjacent to an activating group) is 1. The average molecular weight is 251 g/mol. The summed E-state index contributed by atoms with van der Waals surface area (Å²) in [5.74, 6) is -0.205. The van der Waals surface area contributed by atoms with E-state index in [4.69, 9.17) is 0 Å². The van der Waals surface area contributed by atoms with Crippen LogP contribution in [0.3, 0.4) is 0 Å². The van der Waals surface area contributed by atoms with E-state index in [0.717, 1.165) is 24.9 Å². The van der Waals surface area contributed by atoms with Gasteiger partial charge in [-0.25, -0.2) is 4.39 Å². The molecule has 2 nitrogen and oxygen atoms in total. The average Bonchev–Trinajstić information content (AvgIpc) is 2.35. The van der Waals surface area contributed by atoms with Gasteiger partial charge in [0.25, 0.3) is 0 Å². The fourth-order valence-corrected chi connectivity index (χ4v) is 1.96. The maximum Gasteiger partial charge on any atom is 0.232 e. The molecule has 100 valence electrons. The third kappa shape index (κ3) is 3.31. The van der Waals surface area contributed by atoms with Gasteiger partial charge in [-0.15, -0.1) is 0 Å². The van der Waals surface area contributed by atoms with Crippen LogP contribution in [0.25, 0.3) is 0 Å². The summed E-state index contributed by atoms with van der Waals surface area (Å²) in [5, 5.41) is 0. The molecule has 1 aromatic rings. The lowest BCUT2D eigenvalue weighted by Gasteiger charge is -2.29. The fourth-order valence-electron chi connectivity index (χ4n) is 1.96. The first-order valence-corrected chi connectivity index (χ1v) is 6.41. The summed E-state index contributed by atoms with van der Waals surface area (Å²) in [7, 11) is 1.82. The maximum atomic E-state index is 12.9. The Kier molecular flexibility index (Phi) is 4.88. The molecule has 0 aliphatic rings. The Hall–Kier alpha value is -1.38. The smallest absolute Gasteiger partial charge is 0.232 e. The summed E-state index contributed by atoms with van der Waals surface area (Å²) in [5.41, 5.74) is 0.230. The second-order valence-electron chi connectivity index (χ2n) is 5.21. The molecule has 0 atom stereocenters. The zero-order chi connectivity index (χ0) is 13.8. The van der Waals surface area contributed by atoms with E-state index in [0.29, 0.717) is 0 Å². The Balaban J connectivity index is 2.84. The highest BCUT2D eigenvalue weighted by Gasteiger charge is 2.32. The molecule has 0 spiro atoms. The predicted molar refractivity (Wildman–Crippen MR) is 72.0 cm³/mol. The molecule has 0 aromatic heterocycles. The van der Waals surface area contributed by atoms with Gasteiger partial charge >= 0.3 is 0 Å². The lowest BCUT2D eigenvalue weighted by molar-refractivity contribution is -0.135. The quantitative estimate of drug-likeness (QED) is 0.785. The van der Waals surface area contributed by atoms with Gasteiger partial charge in [-0.3, -0.25) is 4.79 Å². The van der Waals surface area contributed by atoms with Crippen molar-refractivity contribution in [3.05, 3.63) is 35.6 Å². The lowest BCUT2D eigenvalue weighted by atomic mass is 9.83. The molecular formula is C15H22FNO. The summed E-state index contributed by atoms with van der Waals surface area (Å²) in [6, 6.07) is 6.16. The van der Waals surface area contributed by atoms with Crippen molar-refractivity contribution in [2.24, 2.45) is 0 Å². The van der Waals surface area contributed by atoms with Crippen molar-refractivity contribution in [2.45, 2.75) is 39.0 Å². The van der Waals surface area contributed by atoms with Gasteiger partial charge in [-0.2, -0.15) is 0 Å². The van der Waals surface area contributed by atoms with Crippen molar-refractivity contribution in [3.8, 4) is 0 Å². The number of benzene rings is 1. The Morgan fingerprint density at radius 2 is 1.83 bits per heavy atom. The normalized spacial score (nSPS) is 11.4. The van der Waals surface area contributed by atoms with E-state index in [1.165, 1.54) is 12.1 Å². The van der Waals surface area contributed by atoms with Gasteiger partial charge in [0.2, 0.25) is 5.91 Å². The summed E-state index contributed by atoms with van der Waals surface area (Å²) in [6.45, 7) is 6.62. The minimum Gasteiger partial charge on any atom is -0.345 e. The molecule has 1 aromatic carbocycles. The van der Waals surface area contributed by atoms with E-state index >= 15 is 0 Å². The molecule has 0 aliphatic carbocycles. The van der Waals surface area contributed by atoms with Gasteiger partial charge in [0, 0.05) is 13.6 Å². The summed E-state index contributed by atoms with van der Waals surface area (Å²) in [4.78, 5) is 14.1. The number of hydrogen-bond acceptors (Lipinski definition) is 1. The van der Waals surface area contributed by atoms with Gasteiger partial charge in [-0.1, -0.05) is 25.5 Å². The maximum absolute atomic E-state index is 12.9. The van der Waals surface area contributed by atoms with E-state index in [2.05, 4.69) is 6.92 Å². The molecule has 0 radical (unpaired) electrons. The summed E-state index contributed by atoms with van der Waals surface area (Å²) in [6.07, 6.45) is 2.07. The molecule has 0 saturated heterocycles. The molecule has 18 heavy (non-hydrogen) atoms. The number of unbranched alkanes of at least 4 members (excludes halogenated alkanes) is 1. The third-order valence-corrected chi connectivity index (χ3v) is 3.29. The molecule has 0 aliphatic heterocycles. The number of carbonyl (C=O) groups is 1. The minimum atomic E-state index is -0.615. The lowest BCUT2D eigenvalue weighted by Crippen LogP contribution is -2.41. The topological polar surface area (TPSA) is 20.3 Å². The van der Waals surface area contributed by atoms with Crippen LogP contribution in [0.1, 0.15) is 39.2 Å². The molecule has 0 unspecified atom stereocenters. The highest BCUT2D eigenvalue weighted by atomic mass is 19.1. The number of rotatable bonds is 5. The first-order valence-electron chi connectivity index (χ1n) is 6.41. The molecular weight excluding hydrogens is 229 g/mol. The Morgan fingerprint density at radius 1 is 1.28 bits per heavy atom. The van der Waals surface area contributed by atoms with Crippen molar-refractivity contribution in [1.82, 2.24) is 4.90 Å². The largest absolute Gasteiger partial charge is 0.345 e. The van der Waals surface area contributed by atoms with E-state index in [1.807, 2.05) is 20.9 Å². The van der Waals surface area contributed by atoms with Gasteiger partial charge in [-0.05, 0) is 38.0 Å². The van der Waals surface area contributed by atoms with Crippen LogP contribution in [0.4, 0.5) is 4.39 Å². The molecule has 0 bridgehead atoms. The third-order valence-electron chi connectivity index (χ3n) is 3.29. The molecule has 3 heteroatoms. The Morgan fingerprint density at radius 3 is 2.33 bits per heavy atom. The van der Waals surface area contributed by atoms with E-state index < -0.39 is 5.41 Å². The van der Waals surface area contributed by atoms with Crippen molar-refractivity contribution >= 4 is 5.91 Å². The van der Waals surface area contributed by atoms with Crippen LogP contribution < -0.4 is 0 Å². The standard InChI is InChI=1S/C15H22FNO/c1-5-6-11-17(4)14(18)15(2,3)12-7-9-13(16)10-8-12/h7-10H,5-6,11H2,1-4H3. The second-order valence-corrected chi connectivity index (χ2v) is 5.21. The number of amides is 1. The zero-order valence-corrected chi connectivity index (χ0v) is 11.7. The van der Waals surface area contributed by atoms with Crippen molar-refractivity contribution in [1.29, 1.82) is 0 Å². The van der Waals surface area contributed by atoms with Crippen LogP contribution >= 0.6 is 0 Å². The van der Waals surface area contributed by atoms with E-state index in [-0.39, 0.29) is 11.7 Å². The van der Waals surface area contributed by atoms with Crippen LogP contribution in [-0.4, -0.2) is 24.4 Å². The highest BCUT2D eigenvalue weighted by Crippen LogP contribution is 2.25. The number of halogens is 1. The molecule has 1 amide bonds. The van der Waals surface area contributed by atoms with Gasteiger partial charge in [0.1, 0.15) is 5.82 Å². The van der Waals surface area contributed by atoms with Crippen LogP contribution in [0.5, 0.6) is 0 Å². The SMILES string of the molecule is CCCCN(C)C(=O)C(C)(C)c1ccc(F)cc1. The molecule has 0 fully saturated rings. The first-order chi connectivity index (χ1) is 8.39. The van der Waals surface area contributed by atoms with Crippen LogP contribution in [0, 0.1) is 5.82 Å². The number of nitrogens with zero attached hydrogens (tertiary/aromatic N) is 1. The van der Waals surface area contributed by atoms with Crippen LogP contribution in [0.2, 0.25) is 0 Å². The van der Waals surface area contributed by atoms with E-state index in [9.17, 15) is 9.18 Å². The minimum absolute atomic E-state index is 0.0718.